The van der Waals surface area contributed by atoms with Crippen LogP contribution in [0.1, 0.15) is 31.2 Å². The Morgan fingerprint density at radius 1 is 1.55 bits per heavy atom. The standard InChI is InChI=1S/C14H20N2O3S/c1-3-11(12-5-4-6-20-12)15-14(19)16-7-9(2)10(8-16)13(17)18/h4-6,9-11H,3,7-8H2,1-2H3,(H,15,19)(H,17,18)/t9-,10-,11?/m1/s1. The van der Waals surface area contributed by atoms with Crippen LogP contribution < -0.4 is 5.32 Å². The van der Waals surface area contributed by atoms with Crippen LogP contribution in [0.3, 0.4) is 0 Å². The van der Waals surface area contributed by atoms with Gasteiger partial charge >= 0.3 is 12.0 Å². The molecule has 1 unspecified atom stereocenters. The maximum atomic E-state index is 12.3. The molecule has 0 bridgehead atoms. The molecular weight excluding hydrogens is 276 g/mol. The van der Waals surface area contributed by atoms with E-state index in [-0.39, 0.29) is 18.0 Å². The molecule has 2 rings (SSSR count). The Kier molecular flexibility index (Phi) is 4.65. The van der Waals surface area contributed by atoms with E-state index < -0.39 is 11.9 Å². The van der Waals surface area contributed by atoms with Gasteiger partial charge in [-0.15, -0.1) is 11.3 Å². The number of hydrogen-bond acceptors (Lipinski definition) is 3. The molecule has 0 aliphatic carbocycles. The van der Waals surface area contributed by atoms with Crippen LogP contribution in [0.2, 0.25) is 0 Å². The summed E-state index contributed by atoms with van der Waals surface area (Å²) in [6.07, 6.45) is 0.817. The zero-order valence-corrected chi connectivity index (χ0v) is 12.5. The topological polar surface area (TPSA) is 69.6 Å². The number of nitrogens with one attached hydrogen (secondary N) is 1. The van der Waals surface area contributed by atoms with Crippen molar-refractivity contribution in [2.24, 2.45) is 11.8 Å². The number of likely N-dealkylation sites (tertiary alicyclic amines) is 1. The number of thiophene rings is 1. The number of carbonyl (C=O) groups excluding carboxylic acids is 1. The lowest BCUT2D eigenvalue weighted by Gasteiger charge is -2.21. The van der Waals surface area contributed by atoms with Crippen LogP contribution in [0.5, 0.6) is 0 Å². The number of hydrogen-bond donors (Lipinski definition) is 2. The minimum absolute atomic E-state index is 0.0000596. The molecule has 1 aromatic rings. The number of nitrogens with zero attached hydrogens (tertiary/aromatic N) is 1. The van der Waals surface area contributed by atoms with Gasteiger partial charge in [0.15, 0.2) is 0 Å². The third kappa shape index (κ3) is 3.12. The van der Waals surface area contributed by atoms with Crippen molar-refractivity contribution in [3.63, 3.8) is 0 Å². The summed E-state index contributed by atoms with van der Waals surface area (Å²) in [6, 6.07) is 3.81. The third-order valence-corrected chi connectivity index (χ3v) is 4.80. The predicted octanol–water partition coefficient (Wildman–Crippen LogP) is 2.56. The Bertz CT molecular complexity index is 475. The number of carbonyl (C=O) groups is 2. The van der Waals surface area contributed by atoms with Gasteiger partial charge in [-0.05, 0) is 23.8 Å². The van der Waals surface area contributed by atoms with Gasteiger partial charge in [-0.3, -0.25) is 4.79 Å². The second-order valence-corrected chi connectivity index (χ2v) is 6.23. The molecule has 0 radical (unpaired) electrons. The van der Waals surface area contributed by atoms with Gasteiger partial charge < -0.3 is 15.3 Å². The molecule has 2 N–H and O–H groups in total. The van der Waals surface area contributed by atoms with Gasteiger partial charge in [-0.2, -0.15) is 0 Å². The molecule has 1 fully saturated rings. The van der Waals surface area contributed by atoms with Gasteiger partial charge in [0.1, 0.15) is 0 Å². The fraction of sp³-hybridized carbons (Fsp3) is 0.571. The Labute approximate surface area is 122 Å². The van der Waals surface area contributed by atoms with Gasteiger partial charge in [0.05, 0.1) is 12.0 Å². The smallest absolute Gasteiger partial charge is 0.317 e. The number of carboxylic acids is 1. The van der Waals surface area contributed by atoms with E-state index in [1.165, 1.54) is 0 Å². The highest BCUT2D eigenvalue weighted by Gasteiger charge is 2.37. The van der Waals surface area contributed by atoms with Crippen molar-refractivity contribution in [1.82, 2.24) is 10.2 Å². The van der Waals surface area contributed by atoms with Gasteiger partial charge in [0, 0.05) is 18.0 Å². The monoisotopic (exact) mass is 296 g/mol. The van der Waals surface area contributed by atoms with Crippen molar-refractivity contribution >= 4 is 23.3 Å². The highest BCUT2D eigenvalue weighted by atomic mass is 32.1. The molecule has 3 atom stereocenters. The van der Waals surface area contributed by atoms with Crippen molar-refractivity contribution in [2.75, 3.05) is 13.1 Å². The summed E-state index contributed by atoms with van der Waals surface area (Å²) in [5.41, 5.74) is 0. The molecule has 1 saturated heterocycles. The molecule has 5 nitrogen and oxygen atoms in total. The summed E-state index contributed by atoms with van der Waals surface area (Å²) >= 11 is 1.62. The first-order valence-electron chi connectivity index (χ1n) is 6.84. The van der Waals surface area contributed by atoms with Gasteiger partial charge in [0.25, 0.3) is 0 Å². The van der Waals surface area contributed by atoms with Crippen molar-refractivity contribution in [2.45, 2.75) is 26.3 Å². The van der Waals surface area contributed by atoms with Crippen molar-refractivity contribution in [3.05, 3.63) is 22.4 Å². The SMILES string of the molecule is CCC(NC(=O)N1C[C@@H](C)[C@H](C(=O)O)C1)c1cccs1. The lowest BCUT2D eigenvalue weighted by Crippen LogP contribution is -2.40. The number of rotatable bonds is 4. The normalized spacial score (nSPS) is 23.6. The van der Waals surface area contributed by atoms with Gasteiger partial charge in [0.2, 0.25) is 0 Å². The zero-order valence-electron chi connectivity index (χ0n) is 11.7. The Morgan fingerprint density at radius 3 is 2.80 bits per heavy atom. The molecule has 2 heterocycles. The molecule has 0 saturated carbocycles. The molecule has 6 heteroatoms. The number of aliphatic carboxylic acids is 1. The Hall–Kier alpha value is -1.56. The molecule has 1 aromatic heterocycles. The van der Waals surface area contributed by atoms with Crippen molar-refractivity contribution in [3.8, 4) is 0 Å². The number of carboxylic acid groups (broad SMARTS) is 1. The second kappa shape index (κ2) is 6.26. The summed E-state index contributed by atoms with van der Waals surface area (Å²) in [7, 11) is 0. The largest absolute Gasteiger partial charge is 0.481 e. The number of urea groups is 1. The average molecular weight is 296 g/mol. The van der Waals surface area contributed by atoms with E-state index in [2.05, 4.69) is 5.32 Å². The molecule has 0 spiro atoms. The fourth-order valence-electron chi connectivity index (χ4n) is 2.56. The first-order valence-corrected chi connectivity index (χ1v) is 7.72. The number of amides is 2. The van der Waals surface area contributed by atoms with E-state index in [9.17, 15) is 9.59 Å². The fourth-order valence-corrected chi connectivity index (χ4v) is 3.42. The highest BCUT2D eigenvalue weighted by Crippen LogP contribution is 2.25. The van der Waals surface area contributed by atoms with E-state index >= 15 is 0 Å². The van der Waals surface area contributed by atoms with Gasteiger partial charge in [-0.1, -0.05) is 19.9 Å². The summed E-state index contributed by atoms with van der Waals surface area (Å²) in [5, 5.41) is 14.1. The van der Waals surface area contributed by atoms with Crippen LogP contribution in [0, 0.1) is 11.8 Å². The third-order valence-electron chi connectivity index (χ3n) is 3.81. The minimum atomic E-state index is -0.821. The molecule has 110 valence electrons. The summed E-state index contributed by atoms with van der Waals surface area (Å²) in [6.45, 7) is 4.70. The van der Waals surface area contributed by atoms with Crippen LogP contribution in [-0.4, -0.2) is 35.1 Å². The van der Waals surface area contributed by atoms with E-state index in [0.29, 0.717) is 13.1 Å². The maximum absolute atomic E-state index is 12.3. The second-order valence-electron chi connectivity index (χ2n) is 5.25. The Balaban J connectivity index is 1.97. The Morgan fingerprint density at radius 2 is 2.30 bits per heavy atom. The molecular formula is C14H20N2O3S. The van der Waals surface area contributed by atoms with E-state index in [4.69, 9.17) is 5.11 Å². The van der Waals surface area contributed by atoms with Crippen LogP contribution in [0.25, 0.3) is 0 Å². The quantitative estimate of drug-likeness (QED) is 0.897. The van der Waals surface area contributed by atoms with Gasteiger partial charge in [-0.25, -0.2) is 4.79 Å². The highest BCUT2D eigenvalue weighted by molar-refractivity contribution is 7.10. The van der Waals surface area contributed by atoms with Crippen molar-refractivity contribution in [1.29, 1.82) is 0 Å². The predicted molar refractivity (Wildman–Crippen MR) is 77.7 cm³/mol. The summed E-state index contributed by atoms with van der Waals surface area (Å²) < 4.78 is 0. The average Bonchev–Trinajstić information content (AvgIpc) is 3.04. The minimum Gasteiger partial charge on any atom is -0.481 e. The van der Waals surface area contributed by atoms with Crippen molar-refractivity contribution < 1.29 is 14.7 Å². The van der Waals surface area contributed by atoms with Crippen LogP contribution >= 0.6 is 11.3 Å². The van der Waals surface area contributed by atoms with Crippen LogP contribution in [0.15, 0.2) is 17.5 Å². The van der Waals surface area contributed by atoms with Crippen LogP contribution in [-0.2, 0) is 4.79 Å². The molecule has 20 heavy (non-hydrogen) atoms. The van der Waals surface area contributed by atoms with E-state index in [1.807, 2.05) is 31.4 Å². The van der Waals surface area contributed by atoms with E-state index in [0.717, 1.165) is 11.3 Å². The lowest BCUT2D eigenvalue weighted by atomic mass is 9.99. The molecule has 1 aliphatic rings. The lowest BCUT2D eigenvalue weighted by molar-refractivity contribution is -0.142. The summed E-state index contributed by atoms with van der Waals surface area (Å²) in [4.78, 5) is 26.1. The molecule has 1 aliphatic heterocycles. The molecule has 0 aromatic carbocycles. The molecule has 2 amide bonds. The first-order chi connectivity index (χ1) is 9.52. The summed E-state index contributed by atoms with van der Waals surface area (Å²) in [5.74, 6) is -1.28. The van der Waals surface area contributed by atoms with E-state index in [1.54, 1.807) is 16.2 Å². The zero-order chi connectivity index (χ0) is 14.7. The maximum Gasteiger partial charge on any atom is 0.317 e. The van der Waals surface area contributed by atoms with Crippen LogP contribution in [0.4, 0.5) is 4.79 Å². The first kappa shape index (κ1) is 14.8.